The minimum absolute atomic E-state index is 0.0126. The van der Waals surface area contributed by atoms with Crippen molar-refractivity contribution in [3.05, 3.63) is 334 Å². The van der Waals surface area contributed by atoms with Gasteiger partial charge in [0.05, 0.1) is 0 Å². The smallest absolute Gasteiger partial charge is 0.194 e. The van der Waals surface area contributed by atoms with Gasteiger partial charge in [0.1, 0.15) is 23.3 Å². The average Bonchev–Trinajstić information content (AvgIpc) is 0.825. The molecule has 0 amide bonds. The second kappa shape index (κ2) is 33.2. The van der Waals surface area contributed by atoms with Gasteiger partial charge in [-0.2, -0.15) is 0 Å². The Kier molecular flexibility index (Phi) is 24.4. The van der Waals surface area contributed by atoms with Crippen molar-refractivity contribution in [1.82, 2.24) is 0 Å². The van der Waals surface area contributed by atoms with E-state index in [-0.39, 0.29) is 44.5 Å². The second-order valence-corrected chi connectivity index (χ2v) is 23.3. The van der Waals surface area contributed by atoms with Crippen LogP contribution in [-0.4, -0.2) is 0 Å². The quantitative estimate of drug-likeness (QED) is 0.0545. The first-order valence-corrected chi connectivity index (χ1v) is 31.6. The number of halogens is 16. The lowest BCUT2D eigenvalue weighted by Crippen LogP contribution is -1.94. The molecule has 506 valence electrons. The van der Waals surface area contributed by atoms with E-state index in [2.05, 4.69) is 13.8 Å². The van der Waals surface area contributed by atoms with E-state index in [9.17, 15) is 70.2 Å². The van der Waals surface area contributed by atoms with Crippen LogP contribution in [-0.2, 0) is 19.3 Å². The van der Waals surface area contributed by atoms with Gasteiger partial charge in [-0.05, 0) is 189 Å². The molecular formula is C83H62F16. The molecule has 0 radical (unpaired) electrons. The third kappa shape index (κ3) is 18.2. The van der Waals surface area contributed by atoms with Crippen LogP contribution >= 0.6 is 0 Å². The number of hydrogen-bond donors (Lipinski definition) is 0. The van der Waals surface area contributed by atoms with Gasteiger partial charge in [-0.25, -0.2) is 70.2 Å². The summed E-state index contributed by atoms with van der Waals surface area (Å²) in [6.07, 6.45) is 7.47. The minimum atomic E-state index is -1.56. The monoisotopic (exact) mass is 1360 g/mol. The van der Waals surface area contributed by atoms with Crippen molar-refractivity contribution in [1.29, 1.82) is 0 Å². The summed E-state index contributed by atoms with van der Waals surface area (Å²) in [5, 5.41) is 0. The van der Waals surface area contributed by atoms with Gasteiger partial charge in [-0.1, -0.05) is 191 Å². The number of aryl methyl sites for hydroxylation is 4. The summed E-state index contributed by atoms with van der Waals surface area (Å²) in [6.45, 7) is 8.26. The average molecular weight is 1360 g/mol. The van der Waals surface area contributed by atoms with Crippen molar-refractivity contribution >= 4 is 0 Å². The zero-order valence-electron chi connectivity index (χ0n) is 53.8. The van der Waals surface area contributed by atoms with E-state index in [1.54, 1.807) is 24.3 Å². The van der Waals surface area contributed by atoms with Gasteiger partial charge in [-0.3, -0.25) is 0 Å². The zero-order chi connectivity index (χ0) is 71.2. The summed E-state index contributed by atoms with van der Waals surface area (Å²) in [6, 6.07) is 55.0. The Morgan fingerprint density at radius 3 is 0.657 bits per heavy atom. The van der Waals surface area contributed by atoms with Crippen molar-refractivity contribution in [2.24, 2.45) is 0 Å². The molecule has 12 rings (SSSR count). The molecule has 0 bridgehead atoms. The molecule has 0 saturated carbocycles. The summed E-state index contributed by atoms with van der Waals surface area (Å²) in [4.78, 5) is 0. The highest BCUT2D eigenvalue weighted by Crippen LogP contribution is 2.36. The van der Waals surface area contributed by atoms with E-state index in [1.165, 1.54) is 78.1 Å². The van der Waals surface area contributed by atoms with Gasteiger partial charge in [-0.15, -0.1) is 0 Å². The van der Waals surface area contributed by atoms with Gasteiger partial charge in [0.15, 0.2) is 69.8 Å². The molecule has 0 atom stereocenters. The SMILES string of the molecule is CCCCCc1ccc(-c2ccc(-c3cc(F)c(F)c(F)c3)c(F)c2)cc1.CCCc1ccc(-c2ccc(-c3cc(F)c(F)c(F)c3)c(F)c2)cc1.CCc1ccc(-c2ccc(-c3cc(F)c(F)c(F)c3)c(F)c2)cc1.Cc1ccc(-c2ccc(-c3cc(F)c(F)c(F)c3)c(F)c2)cc1. The Morgan fingerprint density at radius 1 is 0.202 bits per heavy atom. The topological polar surface area (TPSA) is 0 Å². The first-order chi connectivity index (χ1) is 47.4. The van der Waals surface area contributed by atoms with E-state index in [1.807, 2.05) is 111 Å². The summed E-state index contributed by atoms with van der Waals surface area (Å²) < 4.78 is 217. The van der Waals surface area contributed by atoms with Gasteiger partial charge in [0.2, 0.25) is 0 Å². The van der Waals surface area contributed by atoms with Gasteiger partial charge in [0.25, 0.3) is 0 Å². The maximum Gasteiger partial charge on any atom is 0.194 e. The van der Waals surface area contributed by atoms with E-state index in [0.717, 1.165) is 108 Å². The first kappa shape index (κ1) is 72.8. The van der Waals surface area contributed by atoms with E-state index >= 15 is 0 Å². The summed E-state index contributed by atoms with van der Waals surface area (Å²) in [7, 11) is 0. The molecule has 0 heterocycles. The van der Waals surface area contributed by atoms with Crippen molar-refractivity contribution < 1.29 is 70.2 Å². The molecule has 0 aliphatic rings. The fourth-order valence-electron chi connectivity index (χ4n) is 10.8. The Labute approximate surface area is 563 Å². The normalized spacial score (nSPS) is 10.9. The maximum absolute atomic E-state index is 14.5. The van der Waals surface area contributed by atoms with E-state index in [4.69, 9.17) is 0 Å². The van der Waals surface area contributed by atoms with Crippen LogP contribution in [0.3, 0.4) is 0 Å². The molecular weight excluding hydrogens is 1300 g/mol. The van der Waals surface area contributed by atoms with Crippen molar-refractivity contribution in [3.8, 4) is 89.0 Å². The fraction of sp³-hybridized carbons (Fsp3) is 0.133. The Bertz CT molecular complexity index is 4700. The number of hydrogen-bond acceptors (Lipinski definition) is 0. The minimum Gasteiger partial charge on any atom is -0.206 e. The first-order valence-electron chi connectivity index (χ1n) is 31.6. The number of unbranched alkanes of at least 4 members (excludes halogenated alkanes) is 2. The van der Waals surface area contributed by atoms with Gasteiger partial charge < -0.3 is 0 Å². The Morgan fingerprint density at radius 2 is 0.424 bits per heavy atom. The lowest BCUT2D eigenvalue weighted by Gasteiger charge is -2.09. The molecule has 0 fully saturated rings. The van der Waals surface area contributed by atoms with Crippen LogP contribution in [0.2, 0.25) is 0 Å². The molecule has 12 aromatic rings. The van der Waals surface area contributed by atoms with E-state index < -0.39 is 93.1 Å². The highest BCUT2D eigenvalue weighted by atomic mass is 19.2. The van der Waals surface area contributed by atoms with Crippen LogP contribution in [0.5, 0.6) is 0 Å². The van der Waals surface area contributed by atoms with Gasteiger partial charge in [0, 0.05) is 22.3 Å². The van der Waals surface area contributed by atoms with E-state index in [0.29, 0.717) is 22.3 Å². The van der Waals surface area contributed by atoms with Crippen LogP contribution in [0.4, 0.5) is 70.2 Å². The summed E-state index contributed by atoms with van der Waals surface area (Å²) >= 11 is 0. The van der Waals surface area contributed by atoms with Crippen molar-refractivity contribution in [2.45, 2.75) is 72.6 Å². The molecule has 0 aliphatic heterocycles. The fourth-order valence-corrected chi connectivity index (χ4v) is 10.8. The molecule has 16 heteroatoms. The van der Waals surface area contributed by atoms with Crippen molar-refractivity contribution in [2.75, 3.05) is 0 Å². The zero-order valence-corrected chi connectivity index (χ0v) is 53.8. The predicted octanol–water partition coefficient (Wildman–Crippen LogP) is 25.9. The third-order valence-corrected chi connectivity index (χ3v) is 16.3. The molecule has 0 aliphatic carbocycles. The molecule has 0 aromatic heterocycles. The summed E-state index contributed by atoms with van der Waals surface area (Å²) in [5.74, 6) is -19.5. The lowest BCUT2D eigenvalue weighted by atomic mass is 9.98. The highest BCUT2D eigenvalue weighted by Gasteiger charge is 2.20. The number of benzene rings is 12. The molecule has 0 unspecified atom stereocenters. The largest absolute Gasteiger partial charge is 0.206 e. The van der Waals surface area contributed by atoms with Gasteiger partial charge >= 0.3 is 0 Å². The molecule has 12 aromatic carbocycles. The molecule has 0 spiro atoms. The van der Waals surface area contributed by atoms with Crippen LogP contribution in [0.15, 0.2) is 218 Å². The standard InChI is InChI=1S/C23H20F4.C21H16F4.C20H14F4.C19H12F4/c1-2-3-4-5-15-6-8-16(9-7-15)17-10-11-19(20(24)12-17)18-13-21(25)23(27)22(26)14-18;1-2-3-13-4-6-14(7-5-13)15-8-9-17(18(22)10-15)16-11-19(23)21(25)20(24)12-16;1-2-12-3-5-13(6-4-12)14-7-8-16(17(21)9-14)15-10-18(22)20(24)19(23)11-15;1-11-2-4-12(5-3-11)13-6-7-15(16(20)8-13)14-9-17(21)19(23)18(22)10-14/h6-14H,2-5H2,1H3;4-12H,2-3H2,1H3;3-11H,2H2,1H3;2-10H,1H3. The molecule has 0 saturated heterocycles. The van der Waals surface area contributed by atoms with Crippen molar-refractivity contribution in [3.63, 3.8) is 0 Å². The molecule has 0 N–H and O–H groups in total. The number of rotatable bonds is 15. The van der Waals surface area contributed by atoms with Crippen LogP contribution in [0, 0.1) is 100.0 Å². The van der Waals surface area contributed by atoms with Crippen LogP contribution < -0.4 is 0 Å². The predicted molar refractivity (Wildman–Crippen MR) is 360 cm³/mol. The Hall–Kier alpha value is -10.5. The second-order valence-electron chi connectivity index (χ2n) is 23.3. The maximum atomic E-state index is 14.5. The lowest BCUT2D eigenvalue weighted by molar-refractivity contribution is 0.447. The highest BCUT2D eigenvalue weighted by molar-refractivity contribution is 5.75. The molecule has 0 nitrogen and oxygen atoms in total. The summed E-state index contributed by atoms with van der Waals surface area (Å²) in [5.41, 5.74) is 10.6. The third-order valence-electron chi connectivity index (χ3n) is 16.3. The van der Waals surface area contributed by atoms with Crippen LogP contribution in [0.1, 0.15) is 68.7 Å². The van der Waals surface area contributed by atoms with Crippen LogP contribution in [0.25, 0.3) is 89.0 Å². The Balaban J connectivity index is 0.000000154. The molecule has 99 heavy (non-hydrogen) atoms.